The second-order valence-corrected chi connectivity index (χ2v) is 6.56. The van der Waals surface area contributed by atoms with Crippen molar-refractivity contribution in [2.75, 3.05) is 46.4 Å². The SMILES string of the molecule is CCCC(O)(CCC)CN=C(NCC)NCC1CN(C)CCO1.I. The Morgan fingerprint density at radius 1 is 1.25 bits per heavy atom. The van der Waals surface area contributed by atoms with Gasteiger partial charge in [0, 0.05) is 26.2 Å². The van der Waals surface area contributed by atoms with Gasteiger partial charge in [-0.1, -0.05) is 26.7 Å². The second kappa shape index (κ2) is 13.1. The first kappa shape index (κ1) is 23.9. The summed E-state index contributed by atoms with van der Waals surface area (Å²) in [5.41, 5.74) is -0.687. The first-order chi connectivity index (χ1) is 11.0. The summed E-state index contributed by atoms with van der Waals surface area (Å²) in [6.07, 6.45) is 3.71. The maximum Gasteiger partial charge on any atom is 0.191 e. The summed E-state index contributed by atoms with van der Waals surface area (Å²) in [6.45, 7) is 10.9. The smallest absolute Gasteiger partial charge is 0.191 e. The Labute approximate surface area is 164 Å². The number of aliphatic imine (C=N–C) groups is 1. The fraction of sp³-hybridized carbons (Fsp3) is 0.941. The van der Waals surface area contributed by atoms with Gasteiger partial charge in [0.1, 0.15) is 0 Å². The molecule has 1 saturated heterocycles. The molecular weight excluding hydrogens is 419 g/mol. The van der Waals surface area contributed by atoms with Crippen molar-refractivity contribution in [1.29, 1.82) is 0 Å². The number of rotatable bonds is 9. The molecular formula is C17H37IN4O2. The van der Waals surface area contributed by atoms with E-state index in [9.17, 15) is 5.11 Å². The van der Waals surface area contributed by atoms with E-state index in [2.05, 4.69) is 41.4 Å². The van der Waals surface area contributed by atoms with E-state index in [0.717, 1.165) is 64.4 Å². The summed E-state index contributed by atoms with van der Waals surface area (Å²) in [5.74, 6) is 0.759. The summed E-state index contributed by atoms with van der Waals surface area (Å²) in [5, 5.41) is 17.3. The van der Waals surface area contributed by atoms with E-state index in [0.29, 0.717) is 6.54 Å². The van der Waals surface area contributed by atoms with Crippen molar-refractivity contribution in [3.63, 3.8) is 0 Å². The van der Waals surface area contributed by atoms with Gasteiger partial charge < -0.3 is 25.4 Å². The van der Waals surface area contributed by atoms with E-state index in [1.165, 1.54) is 0 Å². The number of likely N-dealkylation sites (N-methyl/N-ethyl adjacent to an activating group) is 1. The summed E-state index contributed by atoms with van der Waals surface area (Å²) < 4.78 is 5.76. The highest BCUT2D eigenvalue weighted by Crippen LogP contribution is 2.19. The van der Waals surface area contributed by atoms with Crippen LogP contribution in [0.25, 0.3) is 0 Å². The zero-order valence-electron chi connectivity index (χ0n) is 15.8. The molecule has 7 heteroatoms. The zero-order chi connectivity index (χ0) is 17.1. The molecule has 24 heavy (non-hydrogen) atoms. The summed E-state index contributed by atoms with van der Waals surface area (Å²) in [7, 11) is 2.12. The Morgan fingerprint density at radius 3 is 2.46 bits per heavy atom. The molecule has 1 heterocycles. The molecule has 144 valence electrons. The third kappa shape index (κ3) is 9.39. The lowest BCUT2D eigenvalue weighted by Crippen LogP contribution is -2.48. The minimum absolute atomic E-state index is 0. The standard InChI is InChI=1S/C17H36N4O2.HI/c1-5-8-17(22,9-6-2)14-20-16(18-7-3)19-12-15-13-21(4)10-11-23-15;/h15,22H,5-14H2,1-4H3,(H2,18,19,20);1H. The van der Waals surface area contributed by atoms with E-state index >= 15 is 0 Å². The number of nitrogens with one attached hydrogen (secondary N) is 2. The third-order valence-electron chi connectivity index (χ3n) is 4.15. The van der Waals surface area contributed by atoms with Crippen molar-refractivity contribution < 1.29 is 9.84 Å². The van der Waals surface area contributed by atoms with Gasteiger partial charge in [-0.15, -0.1) is 24.0 Å². The van der Waals surface area contributed by atoms with Crippen LogP contribution in [0.2, 0.25) is 0 Å². The van der Waals surface area contributed by atoms with Crippen LogP contribution in [0.3, 0.4) is 0 Å². The van der Waals surface area contributed by atoms with Gasteiger partial charge in [0.15, 0.2) is 5.96 Å². The number of aliphatic hydroxyl groups is 1. The Balaban J connectivity index is 0.00000529. The fourth-order valence-electron chi connectivity index (χ4n) is 2.98. The van der Waals surface area contributed by atoms with Crippen LogP contribution in [0, 0.1) is 0 Å². The molecule has 1 unspecified atom stereocenters. The van der Waals surface area contributed by atoms with E-state index in [1.807, 2.05) is 6.92 Å². The fourth-order valence-corrected chi connectivity index (χ4v) is 2.98. The van der Waals surface area contributed by atoms with Crippen molar-refractivity contribution in [3.8, 4) is 0 Å². The average Bonchev–Trinajstić information content (AvgIpc) is 2.51. The number of hydrogen-bond donors (Lipinski definition) is 3. The van der Waals surface area contributed by atoms with Gasteiger partial charge in [-0.05, 0) is 26.8 Å². The van der Waals surface area contributed by atoms with E-state index < -0.39 is 5.60 Å². The minimum Gasteiger partial charge on any atom is -0.388 e. The van der Waals surface area contributed by atoms with E-state index in [1.54, 1.807) is 0 Å². The lowest BCUT2D eigenvalue weighted by molar-refractivity contribution is -0.0161. The highest BCUT2D eigenvalue weighted by atomic mass is 127. The predicted molar refractivity (Wildman–Crippen MR) is 111 cm³/mol. The van der Waals surface area contributed by atoms with Crippen LogP contribution in [0.4, 0.5) is 0 Å². The summed E-state index contributed by atoms with van der Waals surface area (Å²) in [4.78, 5) is 6.88. The molecule has 0 saturated carbocycles. The number of morpholine rings is 1. The number of ether oxygens (including phenoxy) is 1. The van der Waals surface area contributed by atoms with E-state index in [-0.39, 0.29) is 30.1 Å². The van der Waals surface area contributed by atoms with Crippen molar-refractivity contribution in [2.45, 2.75) is 58.2 Å². The van der Waals surface area contributed by atoms with Gasteiger partial charge in [0.2, 0.25) is 0 Å². The molecule has 1 rings (SSSR count). The van der Waals surface area contributed by atoms with Gasteiger partial charge in [-0.25, -0.2) is 0 Å². The molecule has 6 nitrogen and oxygen atoms in total. The van der Waals surface area contributed by atoms with Crippen LogP contribution in [0.15, 0.2) is 4.99 Å². The summed E-state index contributed by atoms with van der Waals surface area (Å²) >= 11 is 0. The maximum absolute atomic E-state index is 10.7. The molecule has 3 N–H and O–H groups in total. The molecule has 0 radical (unpaired) electrons. The number of nitrogens with zero attached hydrogens (tertiary/aromatic N) is 2. The monoisotopic (exact) mass is 456 g/mol. The van der Waals surface area contributed by atoms with Crippen LogP contribution in [0.1, 0.15) is 46.5 Å². The first-order valence-electron chi connectivity index (χ1n) is 9.07. The average molecular weight is 456 g/mol. The lowest BCUT2D eigenvalue weighted by Gasteiger charge is -2.30. The summed E-state index contributed by atoms with van der Waals surface area (Å²) in [6, 6.07) is 0. The highest BCUT2D eigenvalue weighted by Gasteiger charge is 2.24. The minimum atomic E-state index is -0.687. The van der Waals surface area contributed by atoms with Gasteiger partial charge in [-0.3, -0.25) is 4.99 Å². The molecule has 0 spiro atoms. The Kier molecular flexibility index (Phi) is 13.1. The van der Waals surface area contributed by atoms with Gasteiger partial charge in [0.25, 0.3) is 0 Å². The number of halogens is 1. The first-order valence-corrected chi connectivity index (χ1v) is 9.07. The molecule has 0 aromatic heterocycles. The topological polar surface area (TPSA) is 69.1 Å². The molecule has 1 fully saturated rings. The van der Waals surface area contributed by atoms with Crippen LogP contribution >= 0.6 is 24.0 Å². The maximum atomic E-state index is 10.7. The van der Waals surface area contributed by atoms with Crippen LogP contribution in [-0.4, -0.2) is 74.0 Å². The zero-order valence-corrected chi connectivity index (χ0v) is 18.1. The van der Waals surface area contributed by atoms with Crippen LogP contribution < -0.4 is 10.6 Å². The molecule has 0 bridgehead atoms. The quantitative estimate of drug-likeness (QED) is 0.281. The molecule has 0 aromatic carbocycles. The van der Waals surface area contributed by atoms with Crippen LogP contribution in [-0.2, 0) is 4.74 Å². The molecule has 1 atom stereocenters. The Morgan fingerprint density at radius 2 is 1.92 bits per heavy atom. The van der Waals surface area contributed by atoms with Gasteiger partial charge in [0.05, 0.1) is 24.9 Å². The highest BCUT2D eigenvalue weighted by molar-refractivity contribution is 14.0. The molecule has 0 amide bonds. The second-order valence-electron chi connectivity index (χ2n) is 6.56. The molecule has 1 aliphatic rings. The van der Waals surface area contributed by atoms with Crippen LogP contribution in [0.5, 0.6) is 0 Å². The number of hydrogen-bond acceptors (Lipinski definition) is 4. The molecule has 0 aliphatic carbocycles. The third-order valence-corrected chi connectivity index (χ3v) is 4.15. The Hall–Kier alpha value is -0.120. The van der Waals surface area contributed by atoms with Crippen molar-refractivity contribution in [1.82, 2.24) is 15.5 Å². The number of guanidine groups is 1. The van der Waals surface area contributed by atoms with Crippen molar-refractivity contribution >= 4 is 29.9 Å². The lowest BCUT2D eigenvalue weighted by atomic mass is 9.93. The van der Waals surface area contributed by atoms with Crippen molar-refractivity contribution in [3.05, 3.63) is 0 Å². The van der Waals surface area contributed by atoms with Gasteiger partial charge >= 0.3 is 0 Å². The van der Waals surface area contributed by atoms with Crippen molar-refractivity contribution in [2.24, 2.45) is 4.99 Å². The Bertz CT molecular complexity index is 349. The predicted octanol–water partition coefficient (Wildman–Crippen LogP) is 1.82. The largest absolute Gasteiger partial charge is 0.388 e. The van der Waals surface area contributed by atoms with Gasteiger partial charge in [-0.2, -0.15) is 0 Å². The normalized spacial score (nSPS) is 19.7. The van der Waals surface area contributed by atoms with E-state index in [4.69, 9.17) is 4.74 Å². The molecule has 0 aromatic rings. The molecule has 1 aliphatic heterocycles.